The second kappa shape index (κ2) is 6.77. The van der Waals surface area contributed by atoms with Gasteiger partial charge in [-0.25, -0.2) is 4.39 Å². The molecule has 0 bridgehead atoms. The number of anilines is 1. The number of halogens is 1. The molecule has 2 fully saturated rings. The van der Waals surface area contributed by atoms with Crippen LogP contribution >= 0.6 is 0 Å². The first-order valence-electron chi connectivity index (χ1n) is 9.96. The number of nitrogens with one attached hydrogen (secondary N) is 1. The first kappa shape index (κ1) is 18.5. The van der Waals surface area contributed by atoms with E-state index in [1.54, 1.807) is 11.8 Å². The number of fused-ring (bicyclic) bond motifs is 4. The van der Waals surface area contributed by atoms with Gasteiger partial charge in [-0.15, -0.1) is 0 Å². The maximum Gasteiger partial charge on any atom is 0.298 e. The van der Waals surface area contributed by atoms with Gasteiger partial charge in [0.05, 0.1) is 23.7 Å². The number of aromatic amines is 1. The van der Waals surface area contributed by atoms with Crippen LogP contribution in [0.4, 0.5) is 10.1 Å². The number of rotatable bonds is 3. The molecule has 3 aromatic rings. The monoisotopic (exact) mass is 404 g/mol. The number of para-hydroxylation sites is 1. The van der Waals surface area contributed by atoms with Crippen LogP contribution < -0.4 is 10.6 Å². The molecule has 2 saturated heterocycles. The summed E-state index contributed by atoms with van der Waals surface area (Å²) >= 11 is 0. The fourth-order valence-corrected chi connectivity index (χ4v) is 4.91. The fourth-order valence-electron chi connectivity index (χ4n) is 4.91. The fraction of sp³-hybridized carbons (Fsp3) is 0.304. The Balaban J connectivity index is 1.61. The predicted molar refractivity (Wildman–Crippen MR) is 113 cm³/mol. The maximum atomic E-state index is 15.4. The number of carbonyl (C=O) groups excluding carboxylic acids is 2. The van der Waals surface area contributed by atoms with Gasteiger partial charge >= 0.3 is 0 Å². The Morgan fingerprint density at radius 1 is 1.27 bits per heavy atom. The number of primary amides is 1. The molecule has 2 unspecified atom stereocenters. The summed E-state index contributed by atoms with van der Waals surface area (Å²) in [6.07, 6.45) is -0.0380. The standard InChI is InChI=1S/C23H21FN4O2/c1-2-5-20(30)28-11-14-10-27(12-18(14)28)23-16(24)8-13(9-19(25)29)22-21(23)15-6-3-4-7-17(15)26-22/h3-4,6-8,14,18,26H,9-12H2,1H3,(H2,25,29). The van der Waals surface area contributed by atoms with Crippen molar-refractivity contribution in [3.63, 3.8) is 0 Å². The van der Waals surface area contributed by atoms with E-state index in [4.69, 9.17) is 5.73 Å². The average Bonchev–Trinajstić information content (AvgIpc) is 3.21. The van der Waals surface area contributed by atoms with E-state index in [0.717, 1.165) is 21.8 Å². The number of H-pyrrole nitrogens is 1. The molecule has 6 nitrogen and oxygen atoms in total. The molecule has 0 aliphatic carbocycles. The number of nitrogens with zero attached hydrogens (tertiary/aromatic N) is 2. The highest BCUT2D eigenvalue weighted by Crippen LogP contribution is 2.42. The second-order valence-electron chi connectivity index (χ2n) is 7.99. The zero-order valence-electron chi connectivity index (χ0n) is 16.5. The minimum atomic E-state index is -0.507. The Bertz CT molecular complexity index is 1270. The Morgan fingerprint density at radius 2 is 2.07 bits per heavy atom. The molecule has 2 amide bonds. The lowest BCUT2D eigenvalue weighted by atomic mass is 9.92. The quantitative estimate of drug-likeness (QED) is 0.657. The van der Waals surface area contributed by atoms with Crippen molar-refractivity contribution in [2.75, 3.05) is 24.5 Å². The first-order valence-corrected chi connectivity index (χ1v) is 9.96. The van der Waals surface area contributed by atoms with E-state index in [2.05, 4.69) is 16.8 Å². The molecule has 3 heterocycles. The molecule has 3 N–H and O–H groups in total. The van der Waals surface area contributed by atoms with Crippen LogP contribution in [0.2, 0.25) is 0 Å². The third-order valence-electron chi connectivity index (χ3n) is 6.20. The van der Waals surface area contributed by atoms with Crippen molar-refractivity contribution in [3.8, 4) is 11.8 Å². The number of amides is 2. The van der Waals surface area contributed by atoms with E-state index in [-0.39, 0.29) is 24.2 Å². The Kier molecular flexibility index (Phi) is 4.17. The second-order valence-corrected chi connectivity index (χ2v) is 7.99. The maximum absolute atomic E-state index is 15.4. The van der Waals surface area contributed by atoms with Crippen LogP contribution in [0.5, 0.6) is 0 Å². The van der Waals surface area contributed by atoms with Gasteiger partial charge in [0.2, 0.25) is 5.91 Å². The van der Waals surface area contributed by atoms with E-state index < -0.39 is 5.91 Å². The third-order valence-corrected chi connectivity index (χ3v) is 6.20. The van der Waals surface area contributed by atoms with Crippen LogP contribution in [-0.4, -0.2) is 47.4 Å². The van der Waals surface area contributed by atoms with Crippen LogP contribution in [-0.2, 0) is 16.0 Å². The number of hydrogen-bond donors (Lipinski definition) is 2. The van der Waals surface area contributed by atoms with Crippen LogP contribution in [0.15, 0.2) is 30.3 Å². The van der Waals surface area contributed by atoms with Gasteiger partial charge in [0, 0.05) is 41.8 Å². The Labute approximate surface area is 172 Å². The highest BCUT2D eigenvalue weighted by molar-refractivity contribution is 6.15. The minimum Gasteiger partial charge on any atom is -0.369 e. The van der Waals surface area contributed by atoms with Crippen molar-refractivity contribution in [2.45, 2.75) is 19.4 Å². The summed E-state index contributed by atoms with van der Waals surface area (Å²) in [7, 11) is 0. The molecule has 2 aromatic carbocycles. The van der Waals surface area contributed by atoms with E-state index in [1.165, 1.54) is 6.07 Å². The van der Waals surface area contributed by atoms with Crippen molar-refractivity contribution in [1.29, 1.82) is 0 Å². The zero-order valence-corrected chi connectivity index (χ0v) is 16.5. The van der Waals surface area contributed by atoms with Gasteiger partial charge in [0.1, 0.15) is 5.82 Å². The number of carbonyl (C=O) groups is 2. The lowest BCUT2D eigenvalue weighted by molar-refractivity contribution is -0.134. The summed E-state index contributed by atoms with van der Waals surface area (Å²) < 4.78 is 15.4. The number of hydrogen-bond acceptors (Lipinski definition) is 3. The first-order chi connectivity index (χ1) is 14.5. The molecule has 5 rings (SSSR count). The van der Waals surface area contributed by atoms with Crippen molar-refractivity contribution in [3.05, 3.63) is 41.7 Å². The van der Waals surface area contributed by atoms with Gasteiger partial charge in [0.15, 0.2) is 0 Å². The summed E-state index contributed by atoms with van der Waals surface area (Å²) in [4.78, 5) is 30.9. The SMILES string of the molecule is CC#CC(=O)N1CC2CN(c3c(F)cc(CC(N)=O)c4[nH]c5ccccc5c34)CC21. The number of nitrogens with two attached hydrogens (primary N) is 1. The van der Waals surface area contributed by atoms with Crippen LogP contribution in [0.1, 0.15) is 12.5 Å². The molecule has 152 valence electrons. The number of benzene rings is 2. The van der Waals surface area contributed by atoms with Crippen molar-refractivity contribution in [1.82, 2.24) is 9.88 Å². The van der Waals surface area contributed by atoms with Crippen molar-refractivity contribution >= 4 is 39.3 Å². The summed E-state index contributed by atoms with van der Waals surface area (Å²) in [5, 5.41) is 1.66. The highest BCUT2D eigenvalue weighted by Gasteiger charge is 2.48. The van der Waals surface area contributed by atoms with E-state index >= 15 is 4.39 Å². The molecule has 2 aliphatic heterocycles. The molecule has 2 aliphatic rings. The number of aromatic nitrogens is 1. The minimum absolute atomic E-state index is 0.0380. The largest absolute Gasteiger partial charge is 0.369 e. The summed E-state index contributed by atoms with van der Waals surface area (Å²) in [6.45, 7) is 3.52. The molecule has 1 aromatic heterocycles. The molecular weight excluding hydrogens is 383 g/mol. The topological polar surface area (TPSA) is 82.4 Å². The molecular formula is C23H21FN4O2. The zero-order chi connectivity index (χ0) is 21.0. The third kappa shape index (κ3) is 2.71. The van der Waals surface area contributed by atoms with Gasteiger partial charge < -0.3 is 20.5 Å². The van der Waals surface area contributed by atoms with Gasteiger partial charge in [-0.1, -0.05) is 24.1 Å². The molecule has 2 atom stereocenters. The van der Waals surface area contributed by atoms with Crippen LogP contribution in [0.25, 0.3) is 21.8 Å². The Hall–Kier alpha value is -3.53. The van der Waals surface area contributed by atoms with E-state index in [9.17, 15) is 9.59 Å². The van der Waals surface area contributed by atoms with Crippen LogP contribution in [0, 0.1) is 23.6 Å². The summed E-state index contributed by atoms with van der Waals surface area (Å²) in [6, 6.07) is 9.16. The van der Waals surface area contributed by atoms with Crippen LogP contribution in [0.3, 0.4) is 0 Å². The molecule has 0 radical (unpaired) electrons. The molecule has 0 saturated carbocycles. The van der Waals surface area contributed by atoms with Gasteiger partial charge in [0.25, 0.3) is 5.91 Å². The van der Waals surface area contributed by atoms with Crippen molar-refractivity contribution < 1.29 is 14.0 Å². The lowest BCUT2D eigenvalue weighted by Crippen LogP contribution is -2.57. The predicted octanol–water partition coefficient (Wildman–Crippen LogP) is 2.16. The van der Waals surface area contributed by atoms with Crippen molar-refractivity contribution in [2.24, 2.45) is 11.7 Å². The lowest BCUT2D eigenvalue weighted by Gasteiger charge is -2.42. The summed E-state index contributed by atoms with van der Waals surface area (Å²) in [5.74, 6) is 4.50. The number of likely N-dealkylation sites (tertiary alicyclic amines) is 1. The summed E-state index contributed by atoms with van der Waals surface area (Å²) in [5.41, 5.74) is 8.07. The molecule has 7 heteroatoms. The molecule has 30 heavy (non-hydrogen) atoms. The smallest absolute Gasteiger partial charge is 0.298 e. The van der Waals surface area contributed by atoms with E-state index in [1.807, 2.05) is 29.2 Å². The van der Waals surface area contributed by atoms with E-state index in [0.29, 0.717) is 36.8 Å². The highest BCUT2D eigenvalue weighted by atomic mass is 19.1. The van der Waals surface area contributed by atoms with Gasteiger partial charge in [-0.05, 0) is 30.5 Å². The molecule has 0 spiro atoms. The normalized spacial score (nSPS) is 20.1. The van der Waals surface area contributed by atoms with Gasteiger partial charge in [-0.3, -0.25) is 9.59 Å². The average molecular weight is 404 g/mol. The Morgan fingerprint density at radius 3 is 2.83 bits per heavy atom. The van der Waals surface area contributed by atoms with Gasteiger partial charge in [-0.2, -0.15) is 0 Å².